The number of rotatable bonds is 6. The molecular weight excluding hydrogens is 595 g/mol. The molecule has 49 heavy (non-hydrogen) atoms. The summed E-state index contributed by atoms with van der Waals surface area (Å²) in [7, 11) is 6.69. The van der Waals surface area contributed by atoms with Crippen LogP contribution in [-0.4, -0.2) is 13.7 Å². The smallest absolute Gasteiger partial charge is 0.0531 e. The van der Waals surface area contributed by atoms with Gasteiger partial charge in [-0.25, -0.2) is 0 Å². The van der Waals surface area contributed by atoms with Crippen LogP contribution in [0.5, 0.6) is 0 Å². The van der Waals surface area contributed by atoms with Gasteiger partial charge in [0.1, 0.15) is 0 Å². The van der Waals surface area contributed by atoms with Crippen LogP contribution in [0.1, 0.15) is 22.6 Å². The Morgan fingerprint density at radius 2 is 0.551 bits per heavy atom. The standard InChI is InChI=1S/C46H37N3/c1-47-37-28-16-13-25-34(37)40(44(47)31-19-7-4-8-20-31)43(41-35-26-14-17-29-38(35)48(2)45(41)32-21-9-5-10-22-32)42-36-27-15-18-30-39(36)49(3)46(42)33-23-11-6-12-24-33/h4-30,43H,1-3H3. The van der Waals surface area contributed by atoms with Crippen LogP contribution in [0, 0.1) is 0 Å². The second-order valence-corrected chi connectivity index (χ2v) is 13.0. The lowest BCUT2D eigenvalue weighted by atomic mass is 9.78. The molecule has 0 saturated carbocycles. The van der Waals surface area contributed by atoms with Crippen LogP contribution in [0.2, 0.25) is 0 Å². The number of hydrogen-bond donors (Lipinski definition) is 0. The van der Waals surface area contributed by atoms with Crippen molar-refractivity contribution >= 4 is 32.7 Å². The van der Waals surface area contributed by atoms with E-state index in [0.717, 1.165) is 0 Å². The molecule has 0 aliphatic rings. The van der Waals surface area contributed by atoms with Crippen LogP contribution in [0.4, 0.5) is 0 Å². The molecule has 6 aromatic carbocycles. The van der Waals surface area contributed by atoms with Gasteiger partial charge in [-0.2, -0.15) is 0 Å². The Labute approximate surface area is 286 Å². The average Bonchev–Trinajstić information content (AvgIpc) is 3.74. The van der Waals surface area contributed by atoms with Crippen molar-refractivity contribution in [3.05, 3.63) is 180 Å². The van der Waals surface area contributed by atoms with E-state index in [-0.39, 0.29) is 5.92 Å². The topological polar surface area (TPSA) is 14.8 Å². The van der Waals surface area contributed by atoms with E-state index >= 15 is 0 Å². The maximum Gasteiger partial charge on any atom is 0.0531 e. The number of benzene rings is 6. The van der Waals surface area contributed by atoms with Gasteiger partial charge in [-0.3, -0.25) is 0 Å². The van der Waals surface area contributed by atoms with Gasteiger partial charge in [0.05, 0.1) is 17.1 Å². The van der Waals surface area contributed by atoms with E-state index in [0.29, 0.717) is 0 Å². The Kier molecular flexibility index (Phi) is 6.87. The highest BCUT2D eigenvalue weighted by atomic mass is 15.0. The van der Waals surface area contributed by atoms with Crippen LogP contribution in [0.3, 0.4) is 0 Å². The Balaban J connectivity index is 1.55. The molecule has 0 radical (unpaired) electrons. The molecule has 0 bridgehead atoms. The van der Waals surface area contributed by atoms with Crippen molar-refractivity contribution in [1.29, 1.82) is 0 Å². The van der Waals surface area contributed by atoms with Crippen molar-refractivity contribution in [1.82, 2.24) is 13.7 Å². The zero-order valence-corrected chi connectivity index (χ0v) is 28.0. The number of hydrogen-bond acceptors (Lipinski definition) is 0. The number of aromatic nitrogens is 3. The second-order valence-electron chi connectivity index (χ2n) is 13.0. The van der Waals surface area contributed by atoms with Gasteiger partial charge in [0, 0.05) is 59.8 Å². The minimum absolute atomic E-state index is 0.121. The molecule has 236 valence electrons. The fourth-order valence-corrected chi connectivity index (χ4v) is 8.41. The Morgan fingerprint density at radius 1 is 0.306 bits per heavy atom. The van der Waals surface area contributed by atoms with Gasteiger partial charge in [0.15, 0.2) is 0 Å². The molecule has 3 nitrogen and oxygen atoms in total. The molecule has 0 unspecified atom stereocenters. The lowest BCUT2D eigenvalue weighted by molar-refractivity contribution is 0.916. The summed E-state index contributed by atoms with van der Waals surface area (Å²) in [6.07, 6.45) is 0. The minimum atomic E-state index is -0.121. The number of aryl methyl sites for hydroxylation is 3. The van der Waals surface area contributed by atoms with Gasteiger partial charge in [-0.05, 0) is 51.6 Å². The summed E-state index contributed by atoms with van der Waals surface area (Å²) in [6, 6.07) is 59.7. The maximum absolute atomic E-state index is 2.41. The summed E-state index contributed by atoms with van der Waals surface area (Å²) < 4.78 is 7.23. The molecule has 0 fully saturated rings. The van der Waals surface area contributed by atoms with Gasteiger partial charge in [-0.15, -0.1) is 0 Å². The van der Waals surface area contributed by atoms with E-state index in [4.69, 9.17) is 0 Å². The quantitative estimate of drug-likeness (QED) is 0.173. The van der Waals surface area contributed by atoms with Gasteiger partial charge < -0.3 is 13.7 Å². The highest BCUT2D eigenvalue weighted by Gasteiger charge is 2.36. The molecule has 3 heteroatoms. The van der Waals surface area contributed by atoms with Crippen LogP contribution >= 0.6 is 0 Å². The van der Waals surface area contributed by atoms with Gasteiger partial charge in [0.25, 0.3) is 0 Å². The first-order valence-corrected chi connectivity index (χ1v) is 17.0. The predicted octanol–water partition coefficient (Wildman–Crippen LogP) is 11.3. The van der Waals surface area contributed by atoms with Gasteiger partial charge in [0.2, 0.25) is 0 Å². The summed E-state index contributed by atoms with van der Waals surface area (Å²) in [5.41, 5.74) is 15.0. The highest BCUT2D eigenvalue weighted by molar-refractivity contribution is 6.02. The van der Waals surface area contributed by atoms with E-state index in [9.17, 15) is 0 Å². The van der Waals surface area contributed by atoms with Crippen molar-refractivity contribution in [2.75, 3.05) is 0 Å². The number of para-hydroxylation sites is 3. The molecule has 3 aromatic heterocycles. The van der Waals surface area contributed by atoms with Crippen LogP contribution < -0.4 is 0 Å². The Bertz CT molecular complexity index is 2330. The fraction of sp³-hybridized carbons (Fsp3) is 0.0870. The number of fused-ring (bicyclic) bond motifs is 3. The lowest BCUT2D eigenvalue weighted by Crippen LogP contribution is -2.09. The average molecular weight is 632 g/mol. The largest absolute Gasteiger partial charge is 0.343 e. The van der Waals surface area contributed by atoms with Crippen molar-refractivity contribution in [3.63, 3.8) is 0 Å². The highest BCUT2D eigenvalue weighted by Crippen LogP contribution is 2.53. The summed E-state index contributed by atoms with van der Waals surface area (Å²) in [6.45, 7) is 0. The van der Waals surface area contributed by atoms with E-state index in [1.165, 1.54) is 83.2 Å². The fourth-order valence-electron chi connectivity index (χ4n) is 8.41. The molecule has 3 heterocycles. The molecule has 0 N–H and O–H groups in total. The Hall–Kier alpha value is -6.06. The zero-order valence-electron chi connectivity index (χ0n) is 28.0. The molecule has 9 aromatic rings. The van der Waals surface area contributed by atoms with Crippen molar-refractivity contribution in [2.24, 2.45) is 21.1 Å². The van der Waals surface area contributed by atoms with Crippen LogP contribution in [0.25, 0.3) is 66.5 Å². The van der Waals surface area contributed by atoms with E-state index in [2.05, 4.69) is 199 Å². The summed E-state index contributed by atoms with van der Waals surface area (Å²) >= 11 is 0. The van der Waals surface area contributed by atoms with Crippen LogP contribution in [-0.2, 0) is 21.1 Å². The summed E-state index contributed by atoms with van der Waals surface area (Å²) in [4.78, 5) is 0. The van der Waals surface area contributed by atoms with Crippen molar-refractivity contribution in [2.45, 2.75) is 5.92 Å². The molecule has 0 aliphatic heterocycles. The Morgan fingerprint density at radius 3 is 0.837 bits per heavy atom. The third kappa shape index (κ3) is 4.43. The first kappa shape index (κ1) is 29.1. The van der Waals surface area contributed by atoms with Gasteiger partial charge in [-0.1, -0.05) is 146 Å². The predicted molar refractivity (Wildman–Crippen MR) is 206 cm³/mol. The zero-order chi connectivity index (χ0) is 33.1. The third-order valence-electron chi connectivity index (χ3n) is 10.4. The normalized spacial score (nSPS) is 11.8. The van der Waals surface area contributed by atoms with E-state index in [1.54, 1.807) is 0 Å². The molecule has 0 aliphatic carbocycles. The van der Waals surface area contributed by atoms with Crippen LogP contribution in [0.15, 0.2) is 164 Å². The molecule has 0 spiro atoms. The van der Waals surface area contributed by atoms with Gasteiger partial charge >= 0.3 is 0 Å². The molecule has 9 rings (SSSR count). The first-order valence-electron chi connectivity index (χ1n) is 17.0. The second kappa shape index (κ2) is 11.6. The molecule has 0 saturated heterocycles. The van der Waals surface area contributed by atoms with Crippen molar-refractivity contribution in [3.8, 4) is 33.8 Å². The number of nitrogens with zero attached hydrogens (tertiary/aromatic N) is 3. The molecule has 0 amide bonds. The summed E-state index contributed by atoms with van der Waals surface area (Å²) in [5.74, 6) is -0.121. The molecule has 0 atom stereocenters. The van der Waals surface area contributed by atoms with E-state index in [1.807, 2.05) is 0 Å². The monoisotopic (exact) mass is 631 g/mol. The maximum atomic E-state index is 2.41. The lowest BCUT2D eigenvalue weighted by Gasteiger charge is -2.24. The van der Waals surface area contributed by atoms with Crippen molar-refractivity contribution < 1.29 is 0 Å². The summed E-state index contributed by atoms with van der Waals surface area (Å²) in [5, 5.41) is 3.81. The SMILES string of the molecule is Cn1c(-c2ccccc2)c(C(c2c(-c3ccccc3)n(C)c3ccccc23)c2c(-c3ccccc3)n(C)c3ccccc23)c2ccccc21. The first-order chi connectivity index (χ1) is 24.1. The molecular formula is C46H37N3. The minimum Gasteiger partial charge on any atom is -0.343 e. The third-order valence-corrected chi connectivity index (χ3v) is 10.4. The van der Waals surface area contributed by atoms with E-state index < -0.39 is 0 Å².